The molecule has 2 rings (SSSR count). The van der Waals surface area contributed by atoms with Gasteiger partial charge in [-0.05, 0) is 46.4 Å². The summed E-state index contributed by atoms with van der Waals surface area (Å²) >= 11 is 0. The Balaban J connectivity index is 1.93. The molecule has 1 amide bonds. The number of nitrogens with zero attached hydrogens (tertiary/aromatic N) is 3. The molecule has 1 N–H and O–H groups in total. The zero-order valence-electron chi connectivity index (χ0n) is 14.8. The Morgan fingerprint density at radius 1 is 1.26 bits per heavy atom. The molecular weight excluding hydrogens is 292 g/mol. The molecule has 0 atom stereocenters. The van der Waals surface area contributed by atoms with Gasteiger partial charge in [0.25, 0.3) is 0 Å². The third-order valence-corrected chi connectivity index (χ3v) is 3.83. The van der Waals surface area contributed by atoms with Crippen LogP contribution in [0.25, 0.3) is 0 Å². The smallest absolute Gasteiger partial charge is 0.407 e. The summed E-state index contributed by atoms with van der Waals surface area (Å²) in [6.45, 7) is 12.1. The summed E-state index contributed by atoms with van der Waals surface area (Å²) in [6, 6.07) is 4.07. The van der Waals surface area contributed by atoms with Gasteiger partial charge in [-0.15, -0.1) is 0 Å². The molecule has 0 spiro atoms. The van der Waals surface area contributed by atoms with Gasteiger partial charge in [-0.3, -0.25) is 0 Å². The van der Waals surface area contributed by atoms with E-state index in [1.807, 2.05) is 39.8 Å². The Morgan fingerprint density at radius 3 is 2.48 bits per heavy atom. The molecule has 6 heteroatoms. The summed E-state index contributed by atoms with van der Waals surface area (Å²) in [4.78, 5) is 21.0. The Bertz CT molecular complexity index is 546. The van der Waals surface area contributed by atoms with Crippen LogP contribution < -0.4 is 10.2 Å². The minimum atomic E-state index is -0.483. The second-order valence-corrected chi connectivity index (χ2v) is 7.06. The number of nitrogens with one attached hydrogen (secondary N) is 1. The Kier molecular flexibility index (Phi) is 5.46. The molecule has 23 heavy (non-hydrogen) atoms. The van der Waals surface area contributed by atoms with Crippen molar-refractivity contribution in [1.82, 2.24) is 15.2 Å². The predicted molar refractivity (Wildman–Crippen MR) is 91.8 cm³/mol. The highest BCUT2D eigenvalue weighted by atomic mass is 16.6. The van der Waals surface area contributed by atoms with Crippen molar-refractivity contribution >= 4 is 11.9 Å². The van der Waals surface area contributed by atoms with Gasteiger partial charge in [0.1, 0.15) is 11.4 Å². The quantitative estimate of drug-likeness (QED) is 0.925. The van der Waals surface area contributed by atoms with Gasteiger partial charge in [-0.2, -0.15) is 0 Å². The lowest BCUT2D eigenvalue weighted by molar-refractivity contribution is 0.0523. The lowest BCUT2D eigenvalue weighted by Crippen LogP contribution is -2.44. The number of aromatic nitrogens is 1. The van der Waals surface area contributed by atoms with Crippen LogP contribution in [-0.2, 0) is 11.3 Å². The number of pyridine rings is 1. The van der Waals surface area contributed by atoms with Crippen molar-refractivity contribution in [2.24, 2.45) is 0 Å². The number of rotatable bonds is 3. The molecule has 1 aromatic rings. The number of aryl methyl sites for hydroxylation is 1. The minimum Gasteiger partial charge on any atom is -0.444 e. The SMILES string of the molecule is Cc1nc(N2CCN(C)CC2)ccc1CNC(=O)OC(C)(C)C. The largest absolute Gasteiger partial charge is 0.444 e. The molecular formula is C17H28N4O2. The molecule has 1 aliphatic rings. The first kappa shape index (κ1) is 17.5. The Labute approximate surface area is 138 Å². The normalized spacial score (nSPS) is 16.3. The van der Waals surface area contributed by atoms with Crippen molar-refractivity contribution in [1.29, 1.82) is 0 Å². The van der Waals surface area contributed by atoms with Crippen LogP contribution in [0.1, 0.15) is 32.0 Å². The van der Waals surface area contributed by atoms with E-state index in [0.29, 0.717) is 6.54 Å². The number of likely N-dealkylation sites (N-methyl/N-ethyl adjacent to an activating group) is 1. The van der Waals surface area contributed by atoms with Gasteiger partial charge in [0.05, 0.1) is 0 Å². The molecule has 1 fully saturated rings. The van der Waals surface area contributed by atoms with Crippen molar-refractivity contribution in [3.05, 3.63) is 23.4 Å². The van der Waals surface area contributed by atoms with Crippen LogP contribution in [0.3, 0.4) is 0 Å². The maximum absolute atomic E-state index is 11.7. The first-order valence-corrected chi connectivity index (χ1v) is 8.11. The summed E-state index contributed by atoms with van der Waals surface area (Å²) in [6.07, 6.45) is -0.403. The van der Waals surface area contributed by atoms with Crippen LogP contribution in [0, 0.1) is 6.92 Å². The second-order valence-electron chi connectivity index (χ2n) is 7.06. The maximum Gasteiger partial charge on any atom is 0.407 e. The van der Waals surface area contributed by atoms with Crippen molar-refractivity contribution < 1.29 is 9.53 Å². The van der Waals surface area contributed by atoms with Gasteiger partial charge in [0.15, 0.2) is 0 Å². The minimum absolute atomic E-state index is 0.403. The van der Waals surface area contributed by atoms with E-state index in [-0.39, 0.29) is 0 Å². The lowest BCUT2D eigenvalue weighted by Gasteiger charge is -2.33. The van der Waals surface area contributed by atoms with E-state index < -0.39 is 11.7 Å². The standard InChI is InChI=1S/C17H28N4O2/c1-13-14(12-18-16(22)23-17(2,3)4)6-7-15(19-13)21-10-8-20(5)9-11-21/h6-7H,8-12H2,1-5H3,(H,18,22). The van der Waals surface area contributed by atoms with Crippen molar-refractivity contribution in [2.45, 2.75) is 39.8 Å². The van der Waals surface area contributed by atoms with Gasteiger partial charge < -0.3 is 19.9 Å². The fourth-order valence-electron chi connectivity index (χ4n) is 2.46. The molecule has 1 saturated heterocycles. The number of hydrogen-bond acceptors (Lipinski definition) is 5. The molecule has 0 radical (unpaired) electrons. The predicted octanol–water partition coefficient (Wildman–Crippen LogP) is 2.17. The zero-order chi connectivity index (χ0) is 17.0. The summed E-state index contributed by atoms with van der Waals surface area (Å²) in [5.74, 6) is 1.01. The average Bonchev–Trinajstić information content (AvgIpc) is 2.45. The van der Waals surface area contributed by atoms with Gasteiger partial charge in [-0.25, -0.2) is 9.78 Å². The van der Waals surface area contributed by atoms with Crippen LogP contribution >= 0.6 is 0 Å². The molecule has 0 bridgehead atoms. The summed E-state index contributed by atoms with van der Waals surface area (Å²) in [5.41, 5.74) is 1.47. The fraction of sp³-hybridized carbons (Fsp3) is 0.647. The van der Waals surface area contributed by atoms with Crippen LogP contribution in [0.15, 0.2) is 12.1 Å². The molecule has 0 aromatic carbocycles. The molecule has 1 aliphatic heterocycles. The van der Waals surface area contributed by atoms with Crippen molar-refractivity contribution in [3.8, 4) is 0 Å². The highest BCUT2D eigenvalue weighted by Crippen LogP contribution is 2.16. The van der Waals surface area contributed by atoms with Gasteiger partial charge in [0, 0.05) is 38.4 Å². The van der Waals surface area contributed by atoms with E-state index in [1.165, 1.54) is 0 Å². The number of piperazine rings is 1. The number of ether oxygens (including phenoxy) is 1. The van der Waals surface area contributed by atoms with E-state index in [4.69, 9.17) is 4.74 Å². The zero-order valence-corrected chi connectivity index (χ0v) is 14.8. The van der Waals surface area contributed by atoms with Gasteiger partial charge >= 0.3 is 6.09 Å². The monoisotopic (exact) mass is 320 g/mol. The molecule has 1 aromatic heterocycles. The van der Waals surface area contributed by atoms with E-state index in [9.17, 15) is 4.79 Å². The highest BCUT2D eigenvalue weighted by Gasteiger charge is 2.17. The number of carbonyl (C=O) groups excluding carboxylic acids is 1. The third-order valence-electron chi connectivity index (χ3n) is 3.83. The number of hydrogen-bond donors (Lipinski definition) is 1. The Hall–Kier alpha value is -1.82. The molecule has 2 heterocycles. The second kappa shape index (κ2) is 7.17. The lowest BCUT2D eigenvalue weighted by atomic mass is 10.2. The fourth-order valence-corrected chi connectivity index (χ4v) is 2.46. The molecule has 0 saturated carbocycles. The van der Waals surface area contributed by atoms with Crippen LogP contribution in [0.5, 0.6) is 0 Å². The Morgan fingerprint density at radius 2 is 1.91 bits per heavy atom. The molecule has 0 unspecified atom stereocenters. The topological polar surface area (TPSA) is 57.7 Å². The summed E-state index contributed by atoms with van der Waals surface area (Å²) in [7, 11) is 2.14. The molecule has 0 aliphatic carbocycles. The third kappa shape index (κ3) is 5.39. The van der Waals surface area contributed by atoms with Crippen LogP contribution in [0.4, 0.5) is 10.6 Å². The van der Waals surface area contributed by atoms with Crippen molar-refractivity contribution in [3.63, 3.8) is 0 Å². The summed E-state index contributed by atoms with van der Waals surface area (Å²) < 4.78 is 5.24. The number of alkyl carbamates (subject to hydrolysis) is 1. The van der Waals surface area contributed by atoms with Crippen LogP contribution in [-0.4, -0.2) is 54.8 Å². The molecule has 128 valence electrons. The average molecular weight is 320 g/mol. The molecule has 6 nitrogen and oxygen atoms in total. The van der Waals surface area contributed by atoms with Crippen molar-refractivity contribution in [2.75, 3.05) is 38.1 Å². The van der Waals surface area contributed by atoms with Gasteiger partial charge in [0.2, 0.25) is 0 Å². The van der Waals surface area contributed by atoms with E-state index in [1.54, 1.807) is 0 Å². The first-order chi connectivity index (χ1) is 10.7. The van der Waals surface area contributed by atoms with E-state index in [0.717, 1.165) is 43.3 Å². The highest BCUT2D eigenvalue weighted by molar-refractivity contribution is 5.67. The summed E-state index contributed by atoms with van der Waals surface area (Å²) in [5, 5.41) is 2.78. The number of anilines is 1. The van der Waals surface area contributed by atoms with E-state index in [2.05, 4.69) is 27.1 Å². The maximum atomic E-state index is 11.7. The van der Waals surface area contributed by atoms with E-state index >= 15 is 0 Å². The first-order valence-electron chi connectivity index (χ1n) is 8.11. The van der Waals surface area contributed by atoms with Crippen LogP contribution in [0.2, 0.25) is 0 Å². The van der Waals surface area contributed by atoms with Gasteiger partial charge in [-0.1, -0.05) is 6.07 Å². The number of amides is 1. The number of carbonyl (C=O) groups is 1.